The molecule has 3 rings (SSSR count). The number of carbonyl (C=O) groups excluding carboxylic acids is 2. The van der Waals surface area contributed by atoms with Gasteiger partial charge in [-0.1, -0.05) is 54.2 Å². The van der Waals surface area contributed by atoms with Crippen molar-refractivity contribution in [2.45, 2.75) is 5.44 Å². The average Bonchev–Trinajstić information content (AvgIpc) is 2.89. The molecule has 0 saturated carbocycles. The summed E-state index contributed by atoms with van der Waals surface area (Å²) in [7, 11) is 0. The smallest absolute Gasteiger partial charge is 0.346 e. The van der Waals surface area contributed by atoms with Gasteiger partial charge in [0.2, 0.25) is 0 Å². The molecule has 0 radical (unpaired) electrons. The van der Waals surface area contributed by atoms with Crippen LogP contribution in [-0.4, -0.2) is 11.2 Å². The molecule has 1 atom stereocenters. The lowest BCUT2D eigenvalue weighted by Gasteiger charge is -2.07. The first-order valence-electron chi connectivity index (χ1n) is 6.57. The molecular weight excluding hydrogens is 320 g/mol. The number of carbonyl (C=O) groups is 2. The van der Waals surface area contributed by atoms with Gasteiger partial charge in [0.25, 0.3) is 5.24 Å². The van der Waals surface area contributed by atoms with Gasteiger partial charge in [0, 0.05) is 11.1 Å². The topological polar surface area (TPSA) is 43.4 Å². The molecule has 1 heterocycles. The second kappa shape index (κ2) is 6.38. The van der Waals surface area contributed by atoms with Gasteiger partial charge in [-0.3, -0.25) is 4.79 Å². The summed E-state index contributed by atoms with van der Waals surface area (Å²) in [6.45, 7) is 0. The van der Waals surface area contributed by atoms with Gasteiger partial charge in [-0.15, -0.1) is 0 Å². The molecule has 2 aromatic rings. The molecule has 2 aromatic carbocycles. The van der Waals surface area contributed by atoms with Crippen LogP contribution in [0.15, 0.2) is 59.5 Å². The summed E-state index contributed by atoms with van der Waals surface area (Å²) in [6, 6.07) is 16.3. The predicted octanol–water partition coefficient (Wildman–Crippen LogP) is 4.40. The molecule has 0 N–H and O–H groups in total. The van der Waals surface area contributed by atoms with Gasteiger partial charge in [0.15, 0.2) is 5.44 Å². The highest BCUT2D eigenvalue weighted by Crippen LogP contribution is 2.43. The van der Waals surface area contributed by atoms with Crippen LogP contribution in [-0.2, 0) is 9.53 Å². The van der Waals surface area contributed by atoms with Crippen LogP contribution in [0.4, 0.5) is 0 Å². The minimum atomic E-state index is -0.507. The standard InChI is InChI=1S/C17H11ClO3S/c18-15(19)12-6-8-13(9-7-12)17-21-16(20)14(22-17)10-11-4-2-1-3-5-11/h1-10,17H. The number of cyclic esters (lactones) is 1. The Kier molecular flexibility index (Phi) is 4.32. The van der Waals surface area contributed by atoms with E-state index in [4.69, 9.17) is 16.3 Å². The van der Waals surface area contributed by atoms with Gasteiger partial charge in [0.05, 0.1) is 4.91 Å². The zero-order chi connectivity index (χ0) is 15.5. The van der Waals surface area contributed by atoms with E-state index in [1.807, 2.05) is 36.4 Å². The van der Waals surface area contributed by atoms with E-state index in [-0.39, 0.29) is 5.97 Å². The molecule has 22 heavy (non-hydrogen) atoms. The maximum absolute atomic E-state index is 12.0. The fraction of sp³-hybridized carbons (Fsp3) is 0.0588. The summed E-state index contributed by atoms with van der Waals surface area (Å²) in [5.41, 5.74) is 1.78. The van der Waals surface area contributed by atoms with E-state index in [9.17, 15) is 9.59 Å². The van der Waals surface area contributed by atoms with Crippen molar-refractivity contribution in [3.05, 3.63) is 76.2 Å². The van der Waals surface area contributed by atoms with Gasteiger partial charge in [0.1, 0.15) is 0 Å². The molecule has 0 bridgehead atoms. The van der Waals surface area contributed by atoms with Crippen molar-refractivity contribution < 1.29 is 14.3 Å². The second-order valence-corrected chi connectivity index (χ2v) is 6.12. The lowest BCUT2D eigenvalue weighted by molar-refractivity contribution is -0.138. The Morgan fingerprint density at radius 1 is 1.09 bits per heavy atom. The van der Waals surface area contributed by atoms with Crippen LogP contribution in [0.25, 0.3) is 6.08 Å². The lowest BCUT2D eigenvalue weighted by Crippen LogP contribution is -1.99. The second-order valence-electron chi connectivity index (χ2n) is 4.67. The van der Waals surface area contributed by atoms with Crippen molar-refractivity contribution in [3.8, 4) is 0 Å². The highest BCUT2D eigenvalue weighted by molar-refractivity contribution is 8.04. The van der Waals surface area contributed by atoms with Crippen LogP contribution in [0.1, 0.15) is 26.9 Å². The molecule has 1 saturated heterocycles. The summed E-state index contributed by atoms with van der Waals surface area (Å²) in [6.07, 6.45) is 1.81. The first kappa shape index (κ1) is 14.9. The molecule has 0 amide bonds. The molecule has 5 heteroatoms. The summed E-state index contributed by atoms with van der Waals surface area (Å²) < 4.78 is 5.37. The van der Waals surface area contributed by atoms with Crippen molar-refractivity contribution in [1.82, 2.24) is 0 Å². The van der Waals surface area contributed by atoms with Crippen molar-refractivity contribution in [2.24, 2.45) is 0 Å². The van der Waals surface area contributed by atoms with Gasteiger partial charge < -0.3 is 4.74 Å². The van der Waals surface area contributed by atoms with E-state index in [1.54, 1.807) is 24.3 Å². The Morgan fingerprint density at radius 2 is 1.77 bits per heavy atom. The molecular formula is C17H11ClO3S. The molecule has 1 fully saturated rings. The molecule has 1 unspecified atom stereocenters. The summed E-state index contributed by atoms with van der Waals surface area (Å²) in [5.74, 6) is -0.337. The number of halogens is 1. The van der Waals surface area contributed by atoms with Gasteiger partial charge in [-0.05, 0) is 35.4 Å². The van der Waals surface area contributed by atoms with E-state index in [2.05, 4.69) is 0 Å². The van der Waals surface area contributed by atoms with E-state index in [0.29, 0.717) is 10.5 Å². The number of hydrogen-bond donors (Lipinski definition) is 0. The van der Waals surface area contributed by atoms with E-state index in [1.165, 1.54) is 11.8 Å². The summed E-state index contributed by atoms with van der Waals surface area (Å²) >= 11 is 6.77. The first-order valence-corrected chi connectivity index (χ1v) is 7.83. The molecule has 0 aliphatic carbocycles. The Labute approximate surface area is 136 Å². The van der Waals surface area contributed by atoms with Gasteiger partial charge in [-0.25, -0.2) is 4.79 Å². The van der Waals surface area contributed by atoms with Crippen LogP contribution >= 0.6 is 23.4 Å². The zero-order valence-electron chi connectivity index (χ0n) is 11.4. The molecule has 1 aliphatic heterocycles. The van der Waals surface area contributed by atoms with Crippen molar-refractivity contribution in [1.29, 1.82) is 0 Å². The predicted molar refractivity (Wildman–Crippen MR) is 87.5 cm³/mol. The third-order valence-corrected chi connectivity index (χ3v) is 4.50. The van der Waals surface area contributed by atoms with Crippen molar-refractivity contribution in [3.63, 3.8) is 0 Å². The average molecular weight is 331 g/mol. The minimum absolute atomic E-state index is 0.337. The Hall–Kier alpha value is -2.04. The van der Waals surface area contributed by atoms with E-state index >= 15 is 0 Å². The fourth-order valence-electron chi connectivity index (χ4n) is 2.04. The monoisotopic (exact) mass is 330 g/mol. The molecule has 0 spiro atoms. The quantitative estimate of drug-likeness (QED) is 0.475. The first-order chi connectivity index (χ1) is 10.6. The third-order valence-electron chi connectivity index (χ3n) is 3.16. The number of benzene rings is 2. The molecule has 3 nitrogen and oxygen atoms in total. The lowest BCUT2D eigenvalue weighted by atomic mass is 10.1. The van der Waals surface area contributed by atoms with Crippen LogP contribution in [0.5, 0.6) is 0 Å². The third kappa shape index (κ3) is 3.24. The SMILES string of the molecule is O=C1OC(c2ccc(C(=O)Cl)cc2)SC1=Cc1ccccc1. The van der Waals surface area contributed by atoms with Crippen molar-refractivity contribution in [2.75, 3.05) is 0 Å². The maximum atomic E-state index is 12.0. The largest absolute Gasteiger partial charge is 0.442 e. The van der Waals surface area contributed by atoms with E-state index in [0.717, 1.165) is 11.1 Å². The van der Waals surface area contributed by atoms with Crippen LogP contribution in [0.2, 0.25) is 0 Å². The molecule has 0 aromatic heterocycles. The molecule has 110 valence electrons. The Morgan fingerprint density at radius 3 is 2.41 bits per heavy atom. The zero-order valence-corrected chi connectivity index (χ0v) is 12.9. The summed E-state index contributed by atoms with van der Waals surface area (Å²) in [4.78, 5) is 23.6. The Bertz CT molecular complexity index is 738. The highest BCUT2D eigenvalue weighted by atomic mass is 35.5. The number of thioether (sulfide) groups is 1. The highest BCUT2D eigenvalue weighted by Gasteiger charge is 2.31. The number of esters is 1. The minimum Gasteiger partial charge on any atom is -0.442 e. The van der Waals surface area contributed by atoms with Crippen LogP contribution < -0.4 is 0 Å². The fourth-order valence-corrected chi connectivity index (χ4v) is 3.18. The number of rotatable bonds is 3. The van der Waals surface area contributed by atoms with Gasteiger partial charge >= 0.3 is 5.97 Å². The number of hydrogen-bond acceptors (Lipinski definition) is 4. The normalized spacial score (nSPS) is 19.2. The van der Waals surface area contributed by atoms with Crippen LogP contribution in [0.3, 0.4) is 0 Å². The number of ether oxygens (including phenoxy) is 1. The van der Waals surface area contributed by atoms with E-state index < -0.39 is 10.7 Å². The van der Waals surface area contributed by atoms with Gasteiger partial charge in [-0.2, -0.15) is 0 Å². The Balaban J connectivity index is 1.79. The van der Waals surface area contributed by atoms with Crippen LogP contribution in [0, 0.1) is 0 Å². The van der Waals surface area contributed by atoms with Crippen molar-refractivity contribution >= 4 is 40.7 Å². The summed E-state index contributed by atoms with van der Waals surface area (Å²) in [5, 5.41) is -0.507. The molecule has 1 aliphatic rings. The maximum Gasteiger partial charge on any atom is 0.346 e.